The van der Waals surface area contributed by atoms with Crippen molar-refractivity contribution < 1.29 is 4.79 Å². The lowest BCUT2D eigenvalue weighted by molar-refractivity contribution is -0.122. The van der Waals surface area contributed by atoms with Gasteiger partial charge in [-0.1, -0.05) is 17.7 Å². The SMILES string of the molecule is Cc1ccc2c(c1)CCN2C(=O)C(C)(C)N. The highest BCUT2D eigenvalue weighted by Gasteiger charge is 2.32. The first-order chi connectivity index (χ1) is 7.39. The summed E-state index contributed by atoms with van der Waals surface area (Å²) >= 11 is 0. The Morgan fingerprint density at radius 3 is 2.75 bits per heavy atom. The molecule has 1 aliphatic heterocycles. The summed E-state index contributed by atoms with van der Waals surface area (Å²) in [5, 5.41) is 0. The van der Waals surface area contributed by atoms with E-state index in [1.807, 2.05) is 12.1 Å². The molecule has 0 saturated heterocycles. The van der Waals surface area contributed by atoms with Gasteiger partial charge in [0.1, 0.15) is 0 Å². The molecule has 0 atom stereocenters. The van der Waals surface area contributed by atoms with Crippen LogP contribution in [0, 0.1) is 6.92 Å². The molecule has 2 rings (SSSR count). The molecule has 0 aromatic heterocycles. The normalized spacial score (nSPS) is 15.1. The van der Waals surface area contributed by atoms with E-state index >= 15 is 0 Å². The first kappa shape index (κ1) is 11.1. The summed E-state index contributed by atoms with van der Waals surface area (Å²) in [4.78, 5) is 13.9. The maximum Gasteiger partial charge on any atom is 0.246 e. The zero-order chi connectivity index (χ0) is 11.9. The Kier molecular flexibility index (Phi) is 2.50. The molecule has 86 valence electrons. The molecule has 1 aromatic carbocycles. The zero-order valence-electron chi connectivity index (χ0n) is 10.1. The van der Waals surface area contributed by atoms with E-state index in [9.17, 15) is 4.79 Å². The van der Waals surface area contributed by atoms with Crippen LogP contribution < -0.4 is 10.6 Å². The average Bonchev–Trinajstić information content (AvgIpc) is 2.57. The summed E-state index contributed by atoms with van der Waals surface area (Å²) in [5.41, 5.74) is 8.56. The van der Waals surface area contributed by atoms with Gasteiger partial charge in [-0.2, -0.15) is 0 Å². The van der Waals surface area contributed by atoms with E-state index < -0.39 is 5.54 Å². The molecule has 3 nitrogen and oxygen atoms in total. The average molecular weight is 218 g/mol. The molecule has 3 heteroatoms. The Bertz CT molecular complexity index is 432. The molecule has 1 aromatic rings. The van der Waals surface area contributed by atoms with Crippen molar-refractivity contribution >= 4 is 11.6 Å². The van der Waals surface area contributed by atoms with Crippen LogP contribution in [0.3, 0.4) is 0 Å². The molecule has 1 heterocycles. The number of benzene rings is 1. The van der Waals surface area contributed by atoms with Crippen molar-refractivity contribution in [2.75, 3.05) is 11.4 Å². The summed E-state index contributed by atoms with van der Waals surface area (Å²) in [6.45, 7) is 6.32. The van der Waals surface area contributed by atoms with Crippen molar-refractivity contribution in [2.45, 2.75) is 32.7 Å². The minimum atomic E-state index is -0.799. The second kappa shape index (κ2) is 3.59. The number of aryl methyl sites for hydroxylation is 1. The highest BCUT2D eigenvalue weighted by Crippen LogP contribution is 2.30. The molecule has 0 radical (unpaired) electrons. The monoisotopic (exact) mass is 218 g/mol. The minimum Gasteiger partial charge on any atom is -0.318 e. The highest BCUT2D eigenvalue weighted by atomic mass is 16.2. The number of fused-ring (bicyclic) bond motifs is 1. The van der Waals surface area contributed by atoms with Crippen LogP contribution in [0.1, 0.15) is 25.0 Å². The minimum absolute atomic E-state index is 0.00453. The van der Waals surface area contributed by atoms with E-state index in [0.717, 1.165) is 18.7 Å². The van der Waals surface area contributed by atoms with Gasteiger partial charge >= 0.3 is 0 Å². The molecule has 0 fully saturated rings. The Labute approximate surface area is 96.2 Å². The van der Waals surface area contributed by atoms with Crippen LogP contribution >= 0.6 is 0 Å². The molecule has 1 aliphatic rings. The van der Waals surface area contributed by atoms with E-state index in [1.165, 1.54) is 11.1 Å². The number of carbonyl (C=O) groups excluding carboxylic acids is 1. The summed E-state index contributed by atoms with van der Waals surface area (Å²) in [6, 6.07) is 6.20. The summed E-state index contributed by atoms with van der Waals surface area (Å²) in [6.07, 6.45) is 0.929. The quantitative estimate of drug-likeness (QED) is 0.778. The molecule has 0 unspecified atom stereocenters. The predicted octanol–water partition coefficient (Wildman–Crippen LogP) is 1.62. The Morgan fingerprint density at radius 2 is 2.12 bits per heavy atom. The number of rotatable bonds is 1. The molecule has 2 N–H and O–H groups in total. The van der Waals surface area contributed by atoms with Gasteiger partial charge in [0.15, 0.2) is 0 Å². The van der Waals surface area contributed by atoms with Crippen molar-refractivity contribution in [3.63, 3.8) is 0 Å². The lowest BCUT2D eigenvalue weighted by Gasteiger charge is -2.26. The van der Waals surface area contributed by atoms with Gasteiger partial charge < -0.3 is 10.6 Å². The number of amides is 1. The maximum absolute atomic E-state index is 12.1. The smallest absolute Gasteiger partial charge is 0.246 e. The van der Waals surface area contributed by atoms with Crippen LogP contribution in [-0.4, -0.2) is 18.0 Å². The number of carbonyl (C=O) groups is 1. The largest absolute Gasteiger partial charge is 0.318 e. The van der Waals surface area contributed by atoms with Crippen LogP contribution in [0.4, 0.5) is 5.69 Å². The van der Waals surface area contributed by atoms with Gasteiger partial charge in [-0.25, -0.2) is 0 Å². The first-order valence-corrected chi connectivity index (χ1v) is 5.60. The number of nitrogens with zero attached hydrogens (tertiary/aromatic N) is 1. The van der Waals surface area contributed by atoms with Crippen LogP contribution in [-0.2, 0) is 11.2 Å². The van der Waals surface area contributed by atoms with Crippen molar-refractivity contribution in [3.05, 3.63) is 29.3 Å². The number of anilines is 1. The standard InChI is InChI=1S/C13H18N2O/c1-9-4-5-11-10(8-9)6-7-15(11)12(16)13(2,3)14/h4-5,8H,6-7,14H2,1-3H3. The van der Waals surface area contributed by atoms with E-state index in [4.69, 9.17) is 5.73 Å². The summed E-state index contributed by atoms with van der Waals surface area (Å²) < 4.78 is 0. The topological polar surface area (TPSA) is 46.3 Å². The Morgan fingerprint density at radius 1 is 1.44 bits per heavy atom. The molecular formula is C13H18N2O. The van der Waals surface area contributed by atoms with Crippen molar-refractivity contribution in [1.29, 1.82) is 0 Å². The fourth-order valence-electron chi connectivity index (χ4n) is 2.09. The highest BCUT2D eigenvalue weighted by molar-refractivity contribution is 6.01. The van der Waals surface area contributed by atoms with E-state index in [2.05, 4.69) is 13.0 Å². The number of nitrogens with two attached hydrogens (primary N) is 1. The number of hydrogen-bond acceptors (Lipinski definition) is 2. The van der Waals surface area contributed by atoms with Crippen LogP contribution in [0.2, 0.25) is 0 Å². The Balaban J connectivity index is 2.34. The van der Waals surface area contributed by atoms with E-state index in [1.54, 1.807) is 18.7 Å². The second-order valence-electron chi connectivity index (χ2n) is 5.06. The van der Waals surface area contributed by atoms with Crippen molar-refractivity contribution in [3.8, 4) is 0 Å². The molecule has 0 saturated carbocycles. The molecule has 16 heavy (non-hydrogen) atoms. The van der Waals surface area contributed by atoms with Gasteiger partial charge in [0.2, 0.25) is 5.91 Å². The van der Waals surface area contributed by atoms with E-state index in [0.29, 0.717) is 0 Å². The van der Waals surface area contributed by atoms with Crippen LogP contribution in [0.5, 0.6) is 0 Å². The number of hydrogen-bond donors (Lipinski definition) is 1. The molecular weight excluding hydrogens is 200 g/mol. The van der Waals surface area contributed by atoms with Gasteiger partial charge in [-0.15, -0.1) is 0 Å². The van der Waals surface area contributed by atoms with Gasteiger partial charge in [-0.3, -0.25) is 4.79 Å². The molecule has 0 bridgehead atoms. The predicted molar refractivity (Wildman–Crippen MR) is 65.5 cm³/mol. The third-order valence-corrected chi connectivity index (χ3v) is 2.93. The van der Waals surface area contributed by atoms with Gasteiger partial charge in [0.25, 0.3) is 0 Å². The molecule has 0 spiro atoms. The maximum atomic E-state index is 12.1. The van der Waals surface area contributed by atoms with Crippen molar-refractivity contribution in [2.24, 2.45) is 5.73 Å². The van der Waals surface area contributed by atoms with Gasteiger partial charge in [-0.05, 0) is 38.8 Å². The summed E-state index contributed by atoms with van der Waals surface area (Å²) in [7, 11) is 0. The van der Waals surface area contributed by atoms with E-state index in [-0.39, 0.29) is 5.91 Å². The van der Waals surface area contributed by atoms with Gasteiger partial charge in [0, 0.05) is 12.2 Å². The first-order valence-electron chi connectivity index (χ1n) is 5.60. The zero-order valence-corrected chi connectivity index (χ0v) is 10.1. The van der Waals surface area contributed by atoms with Crippen LogP contribution in [0.15, 0.2) is 18.2 Å². The Hall–Kier alpha value is -1.35. The second-order valence-corrected chi connectivity index (χ2v) is 5.06. The van der Waals surface area contributed by atoms with Gasteiger partial charge in [0.05, 0.1) is 5.54 Å². The third kappa shape index (κ3) is 1.83. The fourth-order valence-corrected chi connectivity index (χ4v) is 2.09. The van der Waals surface area contributed by atoms with Crippen molar-refractivity contribution in [1.82, 2.24) is 0 Å². The molecule has 1 amide bonds. The third-order valence-electron chi connectivity index (χ3n) is 2.93. The lowest BCUT2D eigenvalue weighted by Crippen LogP contribution is -2.50. The summed E-state index contributed by atoms with van der Waals surface area (Å²) in [5.74, 6) is -0.00453. The van der Waals surface area contributed by atoms with Crippen LogP contribution in [0.25, 0.3) is 0 Å². The fraction of sp³-hybridized carbons (Fsp3) is 0.462. The lowest BCUT2D eigenvalue weighted by atomic mass is 10.1. The molecule has 0 aliphatic carbocycles.